The average Bonchev–Trinajstić information content (AvgIpc) is 2.00. The summed E-state index contributed by atoms with van der Waals surface area (Å²) >= 11 is 0. The smallest absolute Gasteiger partial charge is 0.0390 e. The molecule has 0 aliphatic heterocycles. The Bertz CT molecular complexity index is 167. The van der Waals surface area contributed by atoms with Crippen LogP contribution < -0.4 is 5.48 Å². The number of hydrogen-bond acceptors (Lipinski definition) is 2. The van der Waals surface area contributed by atoms with Crippen LogP contribution in [-0.2, 0) is 0 Å². The molecule has 0 aromatic rings. The van der Waals surface area contributed by atoms with E-state index in [1.807, 2.05) is 6.08 Å². The van der Waals surface area contributed by atoms with Crippen molar-refractivity contribution >= 4 is 0 Å². The number of allylic oxidation sites excluding steroid dienone is 3. The summed E-state index contributed by atoms with van der Waals surface area (Å²) in [4.78, 5) is 0. The Morgan fingerprint density at radius 3 is 2.42 bits per heavy atom. The van der Waals surface area contributed by atoms with E-state index in [0.717, 1.165) is 12.8 Å². The maximum Gasteiger partial charge on any atom is 0.0390 e. The van der Waals surface area contributed by atoms with Gasteiger partial charge in [0.05, 0.1) is 0 Å². The van der Waals surface area contributed by atoms with E-state index in [9.17, 15) is 0 Å². The van der Waals surface area contributed by atoms with Crippen LogP contribution in [0.3, 0.4) is 0 Å². The third kappa shape index (κ3) is 7.51. The van der Waals surface area contributed by atoms with Crippen molar-refractivity contribution in [3.8, 4) is 0 Å². The van der Waals surface area contributed by atoms with Crippen molar-refractivity contribution in [3.05, 3.63) is 23.3 Å². The number of hydroxylamine groups is 1. The van der Waals surface area contributed by atoms with Gasteiger partial charge in [-0.15, -0.1) is 0 Å². The first kappa shape index (κ1) is 11.4. The van der Waals surface area contributed by atoms with Crippen molar-refractivity contribution in [3.63, 3.8) is 0 Å². The third-order valence-electron chi connectivity index (χ3n) is 1.63. The van der Waals surface area contributed by atoms with Crippen LogP contribution in [0.5, 0.6) is 0 Å². The zero-order valence-electron chi connectivity index (χ0n) is 8.22. The monoisotopic (exact) mass is 169 g/mol. The molecule has 0 amide bonds. The molecular weight excluding hydrogens is 150 g/mol. The molecule has 0 aromatic heterocycles. The molecule has 0 aromatic carbocycles. The minimum atomic E-state index is 0.542. The van der Waals surface area contributed by atoms with Crippen molar-refractivity contribution in [2.75, 3.05) is 6.54 Å². The Balaban J connectivity index is 3.56. The SMILES string of the molecule is CC(C)=CCCC(C)=CCNO. The van der Waals surface area contributed by atoms with Crippen LogP contribution in [-0.4, -0.2) is 11.8 Å². The van der Waals surface area contributed by atoms with E-state index in [1.165, 1.54) is 11.1 Å². The first-order valence-electron chi connectivity index (χ1n) is 4.32. The summed E-state index contributed by atoms with van der Waals surface area (Å²) in [5.41, 5.74) is 4.78. The quantitative estimate of drug-likeness (QED) is 0.490. The second-order valence-corrected chi connectivity index (χ2v) is 3.23. The fraction of sp³-hybridized carbons (Fsp3) is 0.600. The van der Waals surface area contributed by atoms with Crippen molar-refractivity contribution in [1.82, 2.24) is 5.48 Å². The Hall–Kier alpha value is -0.600. The fourth-order valence-electron chi connectivity index (χ4n) is 0.910. The van der Waals surface area contributed by atoms with E-state index in [-0.39, 0.29) is 0 Å². The molecule has 0 aliphatic carbocycles. The maximum atomic E-state index is 8.32. The third-order valence-corrected chi connectivity index (χ3v) is 1.63. The highest BCUT2D eigenvalue weighted by Gasteiger charge is 1.87. The molecule has 2 nitrogen and oxygen atoms in total. The highest BCUT2D eigenvalue weighted by atomic mass is 16.5. The number of rotatable bonds is 5. The van der Waals surface area contributed by atoms with Gasteiger partial charge in [-0.05, 0) is 33.6 Å². The lowest BCUT2D eigenvalue weighted by Gasteiger charge is -1.98. The van der Waals surface area contributed by atoms with Gasteiger partial charge in [0.1, 0.15) is 0 Å². The van der Waals surface area contributed by atoms with Crippen LogP contribution in [0.1, 0.15) is 33.6 Å². The Morgan fingerprint density at radius 1 is 1.25 bits per heavy atom. The molecule has 0 saturated carbocycles. The van der Waals surface area contributed by atoms with Gasteiger partial charge in [-0.3, -0.25) is 0 Å². The first-order chi connectivity index (χ1) is 5.66. The fourth-order valence-corrected chi connectivity index (χ4v) is 0.910. The van der Waals surface area contributed by atoms with Gasteiger partial charge in [-0.2, -0.15) is 0 Å². The molecule has 0 heterocycles. The normalized spacial score (nSPS) is 11.5. The summed E-state index contributed by atoms with van der Waals surface area (Å²) in [6.07, 6.45) is 6.39. The van der Waals surface area contributed by atoms with E-state index < -0.39 is 0 Å². The van der Waals surface area contributed by atoms with Crippen molar-refractivity contribution in [1.29, 1.82) is 0 Å². The van der Waals surface area contributed by atoms with Gasteiger partial charge in [0, 0.05) is 6.54 Å². The molecule has 0 spiro atoms. The van der Waals surface area contributed by atoms with Crippen LogP contribution in [0, 0.1) is 0 Å². The molecule has 12 heavy (non-hydrogen) atoms. The molecule has 70 valence electrons. The topological polar surface area (TPSA) is 32.3 Å². The zero-order valence-corrected chi connectivity index (χ0v) is 8.22. The van der Waals surface area contributed by atoms with Gasteiger partial charge < -0.3 is 5.21 Å². The summed E-state index contributed by atoms with van der Waals surface area (Å²) in [5.74, 6) is 0. The lowest BCUT2D eigenvalue weighted by atomic mass is 10.1. The molecule has 0 saturated heterocycles. The molecule has 2 heteroatoms. The summed E-state index contributed by atoms with van der Waals surface area (Å²) < 4.78 is 0. The van der Waals surface area contributed by atoms with Crippen molar-refractivity contribution < 1.29 is 5.21 Å². The minimum absolute atomic E-state index is 0.542. The lowest BCUT2D eigenvalue weighted by Crippen LogP contribution is -2.05. The number of hydrogen-bond donors (Lipinski definition) is 2. The molecule has 0 rings (SSSR count). The van der Waals surface area contributed by atoms with Gasteiger partial charge in [-0.1, -0.05) is 23.3 Å². The van der Waals surface area contributed by atoms with Gasteiger partial charge in [0.25, 0.3) is 0 Å². The molecule has 0 atom stereocenters. The van der Waals surface area contributed by atoms with E-state index in [2.05, 4.69) is 32.3 Å². The summed E-state index contributed by atoms with van der Waals surface area (Å²) in [6.45, 7) is 6.83. The van der Waals surface area contributed by atoms with Crippen LogP contribution in [0.25, 0.3) is 0 Å². The van der Waals surface area contributed by atoms with Crippen molar-refractivity contribution in [2.45, 2.75) is 33.6 Å². The Morgan fingerprint density at radius 2 is 1.92 bits per heavy atom. The molecule has 0 unspecified atom stereocenters. The Kier molecular flexibility index (Phi) is 6.72. The van der Waals surface area contributed by atoms with Crippen LogP contribution in [0.4, 0.5) is 0 Å². The highest BCUT2D eigenvalue weighted by molar-refractivity contribution is 5.02. The standard InChI is InChI=1S/C10H19NO/c1-9(2)5-4-6-10(3)7-8-11-12/h5,7,11-12H,4,6,8H2,1-3H3. The maximum absolute atomic E-state index is 8.32. The first-order valence-corrected chi connectivity index (χ1v) is 4.32. The largest absolute Gasteiger partial charge is 0.317 e. The van der Waals surface area contributed by atoms with Crippen molar-refractivity contribution in [2.24, 2.45) is 0 Å². The predicted molar refractivity (Wildman–Crippen MR) is 52.2 cm³/mol. The van der Waals surface area contributed by atoms with E-state index in [4.69, 9.17) is 5.21 Å². The summed E-state index contributed by atoms with van der Waals surface area (Å²) in [7, 11) is 0. The van der Waals surface area contributed by atoms with Crippen LogP contribution in [0.2, 0.25) is 0 Å². The molecule has 2 N–H and O–H groups in total. The molecule has 0 fully saturated rings. The molecule has 0 aliphatic rings. The molecular formula is C10H19NO. The second kappa shape index (κ2) is 7.07. The molecule has 0 radical (unpaired) electrons. The van der Waals surface area contributed by atoms with Gasteiger partial charge in [0.15, 0.2) is 0 Å². The van der Waals surface area contributed by atoms with Gasteiger partial charge >= 0.3 is 0 Å². The average molecular weight is 169 g/mol. The van der Waals surface area contributed by atoms with Gasteiger partial charge in [-0.25, -0.2) is 5.48 Å². The molecule has 0 bridgehead atoms. The van der Waals surface area contributed by atoms with E-state index >= 15 is 0 Å². The Labute approximate surface area is 74.9 Å². The van der Waals surface area contributed by atoms with Crippen LogP contribution >= 0.6 is 0 Å². The minimum Gasteiger partial charge on any atom is -0.317 e. The predicted octanol–water partition coefficient (Wildman–Crippen LogP) is 2.66. The van der Waals surface area contributed by atoms with Crippen LogP contribution in [0.15, 0.2) is 23.3 Å². The highest BCUT2D eigenvalue weighted by Crippen LogP contribution is 2.05. The summed E-state index contributed by atoms with van der Waals surface area (Å²) in [6, 6.07) is 0. The zero-order chi connectivity index (χ0) is 9.40. The number of nitrogens with one attached hydrogen (secondary N) is 1. The van der Waals surface area contributed by atoms with Gasteiger partial charge in [0.2, 0.25) is 0 Å². The van der Waals surface area contributed by atoms with E-state index in [1.54, 1.807) is 0 Å². The second-order valence-electron chi connectivity index (χ2n) is 3.23. The lowest BCUT2D eigenvalue weighted by molar-refractivity contribution is 0.179. The summed E-state index contributed by atoms with van der Waals surface area (Å²) in [5, 5.41) is 8.32. The van der Waals surface area contributed by atoms with E-state index in [0.29, 0.717) is 6.54 Å².